The van der Waals surface area contributed by atoms with Crippen molar-refractivity contribution >= 4 is 29.6 Å². The molecule has 0 saturated heterocycles. The highest BCUT2D eigenvalue weighted by atomic mass is 32.2. The Balaban J connectivity index is 2.87. The lowest BCUT2D eigenvalue weighted by molar-refractivity contribution is -0.145. The van der Waals surface area contributed by atoms with Gasteiger partial charge in [-0.25, -0.2) is 9.78 Å². The third-order valence-corrected chi connectivity index (χ3v) is 2.90. The molecule has 0 aliphatic heterocycles. The van der Waals surface area contributed by atoms with Crippen molar-refractivity contribution in [3.63, 3.8) is 0 Å². The van der Waals surface area contributed by atoms with Crippen molar-refractivity contribution in [2.24, 2.45) is 0 Å². The molecule has 1 aromatic rings. The summed E-state index contributed by atoms with van der Waals surface area (Å²) in [5.41, 5.74) is 0.214. The molecule has 0 aromatic carbocycles. The van der Waals surface area contributed by atoms with E-state index >= 15 is 0 Å². The average molecular weight is 284 g/mol. The van der Waals surface area contributed by atoms with E-state index in [1.54, 1.807) is 12.3 Å². The first-order chi connectivity index (χ1) is 8.95. The van der Waals surface area contributed by atoms with Gasteiger partial charge in [-0.05, 0) is 18.4 Å². The predicted octanol–water partition coefficient (Wildman–Crippen LogP) is 0.461. The van der Waals surface area contributed by atoms with Gasteiger partial charge < -0.3 is 15.5 Å². The number of pyridine rings is 1. The number of carbonyl (C=O) groups excluding carboxylic acids is 1. The molecule has 102 valence electrons. The Morgan fingerprint density at radius 1 is 1.42 bits per heavy atom. The molecule has 1 heterocycles. The third kappa shape index (κ3) is 4.25. The van der Waals surface area contributed by atoms with Crippen LogP contribution in [-0.4, -0.2) is 45.3 Å². The minimum atomic E-state index is -1.47. The quantitative estimate of drug-likeness (QED) is 0.650. The number of nitrogens with zero attached hydrogens (tertiary/aromatic N) is 1. The van der Waals surface area contributed by atoms with Gasteiger partial charge >= 0.3 is 11.9 Å². The molecule has 19 heavy (non-hydrogen) atoms. The summed E-state index contributed by atoms with van der Waals surface area (Å²) < 4.78 is 0. The third-order valence-electron chi connectivity index (χ3n) is 2.19. The highest BCUT2D eigenvalue weighted by Gasteiger charge is 2.24. The van der Waals surface area contributed by atoms with Gasteiger partial charge in [-0.15, -0.1) is 11.8 Å². The first-order valence-corrected chi connectivity index (χ1v) is 6.42. The second-order valence-electron chi connectivity index (χ2n) is 3.52. The van der Waals surface area contributed by atoms with Crippen LogP contribution in [0.3, 0.4) is 0 Å². The summed E-state index contributed by atoms with van der Waals surface area (Å²) in [6.07, 6.45) is 2.55. The number of carboxylic acids is 2. The van der Waals surface area contributed by atoms with Crippen LogP contribution in [0.5, 0.6) is 0 Å². The standard InChI is InChI=1S/C11H12N2O5S/c1-19-10-6(3-2-4-12-10)9(16)13-7(11(17)18)5-8(14)15/h2-4,7H,5H2,1H3,(H,13,16)(H,14,15)(H,17,18)/t7-/m0/s1. The molecule has 0 saturated carbocycles. The van der Waals surface area contributed by atoms with Gasteiger partial charge in [0.05, 0.1) is 12.0 Å². The van der Waals surface area contributed by atoms with Gasteiger partial charge in [0.2, 0.25) is 0 Å². The number of rotatable bonds is 6. The Hall–Kier alpha value is -2.09. The second kappa shape index (κ2) is 6.74. The average Bonchev–Trinajstić information content (AvgIpc) is 2.37. The van der Waals surface area contributed by atoms with E-state index in [1.165, 1.54) is 24.0 Å². The van der Waals surface area contributed by atoms with E-state index in [0.29, 0.717) is 5.03 Å². The van der Waals surface area contributed by atoms with Crippen molar-refractivity contribution in [2.75, 3.05) is 6.26 Å². The zero-order valence-electron chi connectivity index (χ0n) is 9.99. The van der Waals surface area contributed by atoms with E-state index in [2.05, 4.69) is 10.3 Å². The smallest absolute Gasteiger partial charge is 0.326 e. The Bertz CT molecular complexity index is 506. The molecule has 0 fully saturated rings. The van der Waals surface area contributed by atoms with Gasteiger partial charge in [-0.3, -0.25) is 9.59 Å². The molecule has 7 nitrogen and oxygen atoms in total. The summed E-state index contributed by atoms with van der Waals surface area (Å²) in [5, 5.41) is 20.0. The summed E-state index contributed by atoms with van der Waals surface area (Å²) in [7, 11) is 0. The van der Waals surface area contributed by atoms with Crippen molar-refractivity contribution in [3.8, 4) is 0 Å². The van der Waals surface area contributed by atoms with Crippen LogP contribution in [0, 0.1) is 0 Å². The van der Waals surface area contributed by atoms with Gasteiger partial charge in [0, 0.05) is 6.20 Å². The first kappa shape index (κ1) is 15.0. The second-order valence-corrected chi connectivity index (χ2v) is 4.32. The molecular weight excluding hydrogens is 272 g/mol. The Kier molecular flexibility index (Phi) is 5.31. The van der Waals surface area contributed by atoms with E-state index < -0.39 is 30.3 Å². The molecule has 0 aliphatic carbocycles. The van der Waals surface area contributed by atoms with Crippen LogP contribution < -0.4 is 5.32 Å². The highest BCUT2D eigenvalue weighted by molar-refractivity contribution is 7.98. The molecule has 3 N–H and O–H groups in total. The SMILES string of the molecule is CSc1ncccc1C(=O)N[C@@H](CC(=O)O)C(=O)O. The lowest BCUT2D eigenvalue weighted by Gasteiger charge is -2.13. The summed E-state index contributed by atoms with van der Waals surface area (Å²) in [4.78, 5) is 37.3. The summed E-state index contributed by atoms with van der Waals surface area (Å²) in [5.74, 6) is -3.36. The van der Waals surface area contributed by atoms with Crippen LogP contribution >= 0.6 is 11.8 Å². The molecule has 0 spiro atoms. The van der Waals surface area contributed by atoms with Crippen molar-refractivity contribution in [1.29, 1.82) is 0 Å². The molecule has 1 atom stereocenters. The number of carboxylic acid groups (broad SMARTS) is 2. The van der Waals surface area contributed by atoms with E-state index in [9.17, 15) is 14.4 Å². The molecule has 0 radical (unpaired) electrons. The molecule has 1 aromatic heterocycles. The van der Waals surface area contributed by atoms with E-state index in [0.717, 1.165) is 0 Å². The van der Waals surface area contributed by atoms with E-state index in [1.807, 2.05) is 0 Å². The molecule has 0 bridgehead atoms. The van der Waals surface area contributed by atoms with Gasteiger partial charge in [-0.2, -0.15) is 0 Å². The van der Waals surface area contributed by atoms with Crippen molar-refractivity contribution < 1.29 is 24.6 Å². The molecule has 0 aliphatic rings. The van der Waals surface area contributed by atoms with Crippen LogP contribution in [-0.2, 0) is 9.59 Å². The fraction of sp³-hybridized carbons (Fsp3) is 0.273. The maximum absolute atomic E-state index is 11.9. The number of amides is 1. The Morgan fingerprint density at radius 3 is 2.63 bits per heavy atom. The number of carbonyl (C=O) groups is 3. The maximum atomic E-state index is 11.9. The number of aromatic nitrogens is 1. The summed E-state index contributed by atoms with van der Waals surface area (Å²) >= 11 is 1.24. The summed E-state index contributed by atoms with van der Waals surface area (Å²) in [6, 6.07) is 1.56. The van der Waals surface area contributed by atoms with Crippen molar-refractivity contribution in [1.82, 2.24) is 10.3 Å². The fourth-order valence-electron chi connectivity index (χ4n) is 1.34. The number of hydrogen-bond donors (Lipinski definition) is 3. The molecule has 0 unspecified atom stereocenters. The Labute approximate surface area is 113 Å². The number of hydrogen-bond acceptors (Lipinski definition) is 5. The minimum Gasteiger partial charge on any atom is -0.481 e. The lowest BCUT2D eigenvalue weighted by Crippen LogP contribution is -2.42. The number of aliphatic carboxylic acids is 2. The number of nitrogens with one attached hydrogen (secondary N) is 1. The molecule has 8 heteroatoms. The van der Waals surface area contributed by atoms with E-state index in [4.69, 9.17) is 10.2 Å². The zero-order valence-corrected chi connectivity index (χ0v) is 10.8. The number of thioether (sulfide) groups is 1. The fourth-order valence-corrected chi connectivity index (χ4v) is 1.88. The predicted molar refractivity (Wildman–Crippen MR) is 67.2 cm³/mol. The molecular formula is C11H12N2O5S. The van der Waals surface area contributed by atoms with Crippen LogP contribution in [0.15, 0.2) is 23.4 Å². The normalized spacial score (nSPS) is 11.6. The van der Waals surface area contributed by atoms with Crippen molar-refractivity contribution in [3.05, 3.63) is 23.9 Å². The highest BCUT2D eigenvalue weighted by Crippen LogP contribution is 2.16. The maximum Gasteiger partial charge on any atom is 0.326 e. The van der Waals surface area contributed by atoms with Crippen molar-refractivity contribution in [2.45, 2.75) is 17.5 Å². The van der Waals surface area contributed by atoms with Gasteiger partial charge in [0.25, 0.3) is 5.91 Å². The Morgan fingerprint density at radius 2 is 2.11 bits per heavy atom. The van der Waals surface area contributed by atoms with E-state index in [-0.39, 0.29) is 5.56 Å². The topological polar surface area (TPSA) is 117 Å². The zero-order chi connectivity index (χ0) is 14.4. The molecule has 1 amide bonds. The largest absolute Gasteiger partial charge is 0.481 e. The lowest BCUT2D eigenvalue weighted by atomic mass is 10.2. The van der Waals surface area contributed by atoms with Crippen LogP contribution in [0.1, 0.15) is 16.8 Å². The summed E-state index contributed by atoms with van der Waals surface area (Å²) in [6.45, 7) is 0. The van der Waals surface area contributed by atoms with Gasteiger partial charge in [-0.1, -0.05) is 0 Å². The van der Waals surface area contributed by atoms with Crippen LogP contribution in [0.25, 0.3) is 0 Å². The monoisotopic (exact) mass is 284 g/mol. The van der Waals surface area contributed by atoms with Crippen LogP contribution in [0.2, 0.25) is 0 Å². The first-order valence-electron chi connectivity index (χ1n) is 5.20. The molecule has 1 rings (SSSR count). The van der Waals surface area contributed by atoms with Gasteiger partial charge in [0.1, 0.15) is 11.1 Å². The van der Waals surface area contributed by atoms with Gasteiger partial charge in [0.15, 0.2) is 0 Å². The minimum absolute atomic E-state index is 0.214. The van der Waals surface area contributed by atoms with Crippen LogP contribution in [0.4, 0.5) is 0 Å².